The second kappa shape index (κ2) is 10.1. The lowest BCUT2D eigenvalue weighted by Gasteiger charge is -2.32. The summed E-state index contributed by atoms with van der Waals surface area (Å²) in [6.45, 7) is 4.75. The Balaban J connectivity index is 1.47. The van der Waals surface area contributed by atoms with Crippen molar-refractivity contribution in [3.8, 4) is 0 Å². The molecule has 0 bridgehead atoms. The van der Waals surface area contributed by atoms with Crippen LogP contribution < -0.4 is 4.90 Å². The van der Waals surface area contributed by atoms with Gasteiger partial charge in [0.1, 0.15) is 0 Å². The molecule has 0 saturated carbocycles. The van der Waals surface area contributed by atoms with Crippen LogP contribution in [0.15, 0.2) is 71.8 Å². The monoisotopic (exact) mass is 520 g/mol. The average Bonchev–Trinajstić information content (AvgIpc) is 3.30. The van der Waals surface area contributed by atoms with E-state index in [0.29, 0.717) is 17.2 Å². The number of sulfonamides is 1. The molecular weight excluding hydrogens is 492 g/mol. The van der Waals surface area contributed by atoms with Gasteiger partial charge in [-0.15, -0.1) is 0 Å². The number of carbonyl (C=O) groups excluding carboxylic acids is 1. The standard InChI is InChI=1S/C27H28N4O3S2/c1-19-9-14-24-25(17-19)35-27(29-24)30(18-22-8-3-5-15-28-22)26(32)21-10-12-23(13-11-21)36(33,34)31-16-6-4-7-20(31)2/h3,5,8-15,17,20H,4,6-7,16,18H2,1-2H3. The number of amides is 1. The molecule has 2 aromatic carbocycles. The van der Waals surface area contributed by atoms with E-state index in [1.54, 1.807) is 27.5 Å². The number of fused-ring (bicyclic) bond motifs is 1. The Hall–Kier alpha value is -3.14. The lowest BCUT2D eigenvalue weighted by Crippen LogP contribution is -2.41. The summed E-state index contributed by atoms with van der Waals surface area (Å²) in [5.41, 5.74) is 3.09. The Labute approximate surface area is 215 Å². The predicted molar refractivity (Wildman–Crippen MR) is 143 cm³/mol. The number of carbonyl (C=O) groups is 1. The minimum Gasteiger partial charge on any atom is -0.278 e. The molecule has 5 rings (SSSR count). The Kier molecular flexibility index (Phi) is 6.87. The first-order valence-corrected chi connectivity index (χ1v) is 14.3. The predicted octanol–water partition coefficient (Wildman–Crippen LogP) is 5.41. The van der Waals surface area contributed by atoms with E-state index in [9.17, 15) is 13.2 Å². The number of pyridine rings is 1. The molecule has 1 amide bonds. The maximum absolute atomic E-state index is 13.7. The molecule has 1 atom stereocenters. The largest absolute Gasteiger partial charge is 0.278 e. The van der Waals surface area contributed by atoms with Crippen LogP contribution in [-0.2, 0) is 16.6 Å². The van der Waals surface area contributed by atoms with Crippen molar-refractivity contribution in [2.45, 2.75) is 50.6 Å². The molecule has 3 heterocycles. The smallest absolute Gasteiger partial charge is 0.260 e. The zero-order valence-corrected chi connectivity index (χ0v) is 21.9. The molecule has 4 aromatic rings. The number of piperidine rings is 1. The molecular formula is C27H28N4O3S2. The average molecular weight is 521 g/mol. The van der Waals surface area contributed by atoms with Crippen molar-refractivity contribution in [2.24, 2.45) is 0 Å². The molecule has 1 unspecified atom stereocenters. The van der Waals surface area contributed by atoms with Gasteiger partial charge in [-0.3, -0.25) is 14.7 Å². The van der Waals surface area contributed by atoms with Crippen molar-refractivity contribution in [3.63, 3.8) is 0 Å². The molecule has 0 N–H and O–H groups in total. The van der Waals surface area contributed by atoms with Crippen LogP contribution in [0.2, 0.25) is 0 Å². The molecule has 0 spiro atoms. The number of anilines is 1. The van der Waals surface area contributed by atoms with Gasteiger partial charge in [-0.05, 0) is 80.8 Å². The van der Waals surface area contributed by atoms with E-state index < -0.39 is 10.0 Å². The van der Waals surface area contributed by atoms with Gasteiger partial charge in [-0.25, -0.2) is 13.4 Å². The number of aromatic nitrogens is 2. The van der Waals surface area contributed by atoms with E-state index in [4.69, 9.17) is 4.98 Å². The molecule has 1 fully saturated rings. The zero-order valence-electron chi connectivity index (χ0n) is 20.3. The third-order valence-corrected chi connectivity index (χ3v) is 9.57. The van der Waals surface area contributed by atoms with Crippen molar-refractivity contribution in [3.05, 3.63) is 83.7 Å². The van der Waals surface area contributed by atoms with Gasteiger partial charge < -0.3 is 0 Å². The van der Waals surface area contributed by atoms with Gasteiger partial charge in [-0.1, -0.05) is 29.9 Å². The van der Waals surface area contributed by atoms with Crippen LogP contribution in [0, 0.1) is 6.92 Å². The normalized spacial score (nSPS) is 16.8. The van der Waals surface area contributed by atoms with E-state index in [0.717, 1.165) is 40.7 Å². The van der Waals surface area contributed by atoms with Gasteiger partial charge >= 0.3 is 0 Å². The van der Waals surface area contributed by atoms with Crippen LogP contribution >= 0.6 is 11.3 Å². The summed E-state index contributed by atoms with van der Waals surface area (Å²) in [4.78, 5) is 24.6. The number of hydrogen-bond acceptors (Lipinski definition) is 6. The van der Waals surface area contributed by atoms with Crippen LogP contribution in [0.5, 0.6) is 0 Å². The van der Waals surface area contributed by atoms with Gasteiger partial charge in [0, 0.05) is 24.3 Å². The second-order valence-corrected chi connectivity index (χ2v) is 12.1. The summed E-state index contributed by atoms with van der Waals surface area (Å²) in [6.07, 6.45) is 4.46. The molecule has 36 heavy (non-hydrogen) atoms. The van der Waals surface area contributed by atoms with Gasteiger partial charge in [-0.2, -0.15) is 4.31 Å². The summed E-state index contributed by atoms with van der Waals surface area (Å²) < 4.78 is 29.0. The Morgan fingerprint density at radius 1 is 1.11 bits per heavy atom. The van der Waals surface area contributed by atoms with E-state index in [1.165, 1.54) is 23.5 Å². The number of hydrogen-bond donors (Lipinski definition) is 0. The molecule has 1 saturated heterocycles. The third kappa shape index (κ3) is 4.91. The SMILES string of the molecule is Cc1ccc2nc(N(Cc3ccccn3)C(=O)c3ccc(S(=O)(=O)N4CCCCC4C)cc3)sc2c1. The first-order valence-electron chi connectivity index (χ1n) is 12.0. The minimum atomic E-state index is -3.61. The molecule has 2 aromatic heterocycles. The molecule has 0 radical (unpaired) electrons. The highest BCUT2D eigenvalue weighted by Gasteiger charge is 2.31. The van der Waals surface area contributed by atoms with Crippen molar-refractivity contribution in [1.29, 1.82) is 0 Å². The van der Waals surface area contributed by atoms with Crippen LogP contribution in [0.4, 0.5) is 5.13 Å². The fourth-order valence-electron chi connectivity index (χ4n) is 4.50. The van der Waals surface area contributed by atoms with E-state index >= 15 is 0 Å². The van der Waals surface area contributed by atoms with Crippen molar-refractivity contribution < 1.29 is 13.2 Å². The summed E-state index contributed by atoms with van der Waals surface area (Å²) >= 11 is 1.45. The Morgan fingerprint density at radius 2 is 1.92 bits per heavy atom. The first-order chi connectivity index (χ1) is 17.3. The summed E-state index contributed by atoms with van der Waals surface area (Å²) in [7, 11) is -3.61. The lowest BCUT2D eigenvalue weighted by molar-refractivity contribution is 0.0984. The van der Waals surface area contributed by atoms with Crippen molar-refractivity contribution >= 4 is 42.6 Å². The third-order valence-electron chi connectivity index (χ3n) is 6.50. The highest BCUT2D eigenvalue weighted by Crippen LogP contribution is 2.32. The van der Waals surface area contributed by atoms with E-state index in [1.807, 2.05) is 44.2 Å². The van der Waals surface area contributed by atoms with Crippen LogP contribution in [0.25, 0.3) is 10.2 Å². The number of nitrogens with zero attached hydrogens (tertiary/aromatic N) is 4. The highest BCUT2D eigenvalue weighted by molar-refractivity contribution is 7.89. The number of aryl methyl sites for hydroxylation is 1. The van der Waals surface area contributed by atoms with Gasteiger partial charge in [0.05, 0.1) is 27.4 Å². The highest BCUT2D eigenvalue weighted by atomic mass is 32.2. The van der Waals surface area contributed by atoms with Crippen molar-refractivity contribution in [1.82, 2.24) is 14.3 Å². The van der Waals surface area contributed by atoms with Gasteiger partial charge in [0.15, 0.2) is 5.13 Å². The Bertz CT molecular complexity index is 1480. The van der Waals surface area contributed by atoms with Gasteiger partial charge in [0.25, 0.3) is 5.91 Å². The number of benzene rings is 2. The fraction of sp³-hybridized carbons (Fsp3) is 0.296. The molecule has 1 aliphatic heterocycles. The quantitative estimate of drug-likeness (QED) is 0.339. The summed E-state index contributed by atoms with van der Waals surface area (Å²) in [5.74, 6) is -0.258. The molecule has 9 heteroatoms. The fourth-order valence-corrected chi connectivity index (χ4v) is 7.27. The molecule has 1 aliphatic rings. The molecule has 0 aliphatic carbocycles. The Morgan fingerprint density at radius 3 is 2.64 bits per heavy atom. The van der Waals surface area contributed by atoms with Crippen LogP contribution in [0.3, 0.4) is 0 Å². The second-order valence-electron chi connectivity index (χ2n) is 9.16. The maximum Gasteiger partial charge on any atom is 0.260 e. The molecule has 7 nitrogen and oxygen atoms in total. The van der Waals surface area contributed by atoms with Crippen molar-refractivity contribution in [2.75, 3.05) is 11.4 Å². The van der Waals surface area contributed by atoms with Crippen LogP contribution in [-0.4, -0.2) is 41.2 Å². The minimum absolute atomic E-state index is 0.0263. The van der Waals surface area contributed by atoms with Gasteiger partial charge in [0.2, 0.25) is 10.0 Å². The summed E-state index contributed by atoms with van der Waals surface area (Å²) in [6, 6.07) is 17.8. The number of rotatable bonds is 6. The van der Waals surface area contributed by atoms with E-state index in [2.05, 4.69) is 11.1 Å². The van der Waals surface area contributed by atoms with E-state index in [-0.39, 0.29) is 23.4 Å². The van der Waals surface area contributed by atoms with Crippen LogP contribution in [0.1, 0.15) is 47.8 Å². The summed E-state index contributed by atoms with van der Waals surface area (Å²) in [5, 5.41) is 0.574. The topological polar surface area (TPSA) is 83.5 Å². The number of thiazole rings is 1. The lowest BCUT2D eigenvalue weighted by atomic mass is 10.1. The first kappa shape index (κ1) is 24.5. The maximum atomic E-state index is 13.7. The zero-order chi connectivity index (χ0) is 25.3. The molecule has 186 valence electrons.